The Balaban J connectivity index is 1.69. The summed E-state index contributed by atoms with van der Waals surface area (Å²) in [5.41, 5.74) is 6.24. The number of anilines is 2. The molecule has 2 atom stereocenters. The summed E-state index contributed by atoms with van der Waals surface area (Å²) in [6.07, 6.45) is 1.59. The van der Waals surface area contributed by atoms with Crippen molar-refractivity contribution < 1.29 is 18.7 Å². The van der Waals surface area contributed by atoms with Crippen LogP contribution in [-0.2, 0) is 4.79 Å². The van der Waals surface area contributed by atoms with Crippen LogP contribution >= 0.6 is 11.6 Å². The van der Waals surface area contributed by atoms with E-state index in [9.17, 15) is 9.18 Å². The van der Waals surface area contributed by atoms with Gasteiger partial charge in [-0.2, -0.15) is 0 Å². The molecule has 8 nitrogen and oxygen atoms in total. The predicted octanol–water partition coefficient (Wildman–Crippen LogP) is 3.11. The van der Waals surface area contributed by atoms with Crippen molar-refractivity contribution in [3.8, 4) is 11.5 Å². The van der Waals surface area contributed by atoms with Gasteiger partial charge in [0.1, 0.15) is 18.2 Å². The molecule has 3 N–H and O–H groups in total. The quantitative estimate of drug-likeness (QED) is 0.601. The molecule has 0 radical (unpaired) electrons. The van der Waals surface area contributed by atoms with Crippen molar-refractivity contribution in [1.82, 2.24) is 14.9 Å². The average Bonchev–Trinajstić information content (AvgIpc) is 3.11. The van der Waals surface area contributed by atoms with E-state index in [-0.39, 0.29) is 28.8 Å². The number of fused-ring (bicyclic) bond motifs is 1. The highest BCUT2D eigenvalue weighted by atomic mass is 35.5. The van der Waals surface area contributed by atoms with Crippen LogP contribution in [0.4, 0.5) is 15.9 Å². The van der Waals surface area contributed by atoms with Crippen molar-refractivity contribution in [1.29, 1.82) is 0 Å². The minimum atomic E-state index is -0.576. The Morgan fingerprint density at radius 3 is 2.84 bits per heavy atom. The van der Waals surface area contributed by atoms with Gasteiger partial charge in [-0.1, -0.05) is 17.7 Å². The summed E-state index contributed by atoms with van der Waals surface area (Å²) >= 11 is 5.88. The molecule has 162 valence electrons. The van der Waals surface area contributed by atoms with E-state index in [1.54, 1.807) is 24.3 Å². The van der Waals surface area contributed by atoms with Gasteiger partial charge < -0.3 is 20.5 Å². The number of aromatic nitrogens is 2. The molecule has 1 amide bonds. The summed E-state index contributed by atoms with van der Waals surface area (Å²) in [7, 11) is 3.36. The smallest absolute Gasteiger partial charge is 0.234 e. The van der Waals surface area contributed by atoms with Crippen LogP contribution in [0, 0.1) is 5.82 Å². The first-order valence-electron chi connectivity index (χ1n) is 9.57. The van der Waals surface area contributed by atoms with E-state index in [1.807, 2.05) is 11.9 Å². The van der Waals surface area contributed by atoms with Crippen LogP contribution in [0.5, 0.6) is 11.5 Å². The van der Waals surface area contributed by atoms with E-state index in [1.165, 1.54) is 19.5 Å². The summed E-state index contributed by atoms with van der Waals surface area (Å²) in [6.45, 7) is 0.541. The van der Waals surface area contributed by atoms with Gasteiger partial charge in [0.05, 0.1) is 29.4 Å². The van der Waals surface area contributed by atoms with E-state index in [2.05, 4.69) is 15.3 Å². The fourth-order valence-electron chi connectivity index (χ4n) is 3.69. The Morgan fingerprint density at radius 2 is 2.13 bits per heavy atom. The summed E-state index contributed by atoms with van der Waals surface area (Å²) in [4.78, 5) is 22.0. The largest absolute Gasteiger partial charge is 0.493 e. The molecule has 2 aromatic carbocycles. The van der Waals surface area contributed by atoms with Gasteiger partial charge >= 0.3 is 0 Å². The number of carbonyl (C=O) groups excluding carboxylic acids is 1. The molecule has 31 heavy (non-hydrogen) atoms. The molecule has 0 aliphatic carbocycles. The van der Waals surface area contributed by atoms with Gasteiger partial charge in [0, 0.05) is 24.4 Å². The lowest BCUT2D eigenvalue weighted by atomic mass is 10.1. The first-order valence-corrected chi connectivity index (χ1v) is 9.95. The van der Waals surface area contributed by atoms with Gasteiger partial charge in [0.25, 0.3) is 0 Å². The molecule has 1 aliphatic rings. The molecule has 0 spiro atoms. The molecule has 1 saturated heterocycles. The summed E-state index contributed by atoms with van der Waals surface area (Å²) in [6, 6.07) is 7.74. The highest BCUT2D eigenvalue weighted by molar-refractivity contribution is 6.31. The van der Waals surface area contributed by atoms with E-state index >= 15 is 0 Å². The Bertz CT molecular complexity index is 1150. The normalized spacial score (nSPS) is 18.8. The second-order valence-electron chi connectivity index (χ2n) is 7.30. The molecule has 1 aromatic heterocycles. The van der Waals surface area contributed by atoms with Crippen molar-refractivity contribution in [2.45, 2.75) is 18.6 Å². The fourth-order valence-corrected chi connectivity index (χ4v) is 3.87. The van der Waals surface area contributed by atoms with E-state index in [0.29, 0.717) is 41.2 Å². The van der Waals surface area contributed by atoms with E-state index in [4.69, 9.17) is 26.8 Å². The van der Waals surface area contributed by atoms with Gasteiger partial charge in [0.15, 0.2) is 17.3 Å². The predicted molar refractivity (Wildman–Crippen MR) is 115 cm³/mol. The molecule has 10 heteroatoms. The maximum atomic E-state index is 14.4. The van der Waals surface area contributed by atoms with Gasteiger partial charge in [-0.3, -0.25) is 9.69 Å². The molecule has 4 rings (SSSR count). The highest BCUT2D eigenvalue weighted by Crippen LogP contribution is 2.37. The zero-order valence-electron chi connectivity index (χ0n) is 16.9. The molecular formula is C21H21ClFN5O3. The minimum absolute atomic E-state index is 0.00316. The lowest BCUT2D eigenvalue weighted by Gasteiger charge is -2.17. The third-order valence-corrected chi connectivity index (χ3v) is 5.55. The number of halogens is 2. The Hall–Kier alpha value is -3.17. The SMILES string of the molecule is COc1cc2ncnc(Nc3cccc(Cl)c3F)c2cc1O[C@H]1C[C@H](C(N)=O)N(C)C1. The zero-order valence-corrected chi connectivity index (χ0v) is 17.7. The zero-order chi connectivity index (χ0) is 22.1. The number of likely N-dealkylation sites (tertiary alicyclic amines) is 1. The van der Waals surface area contributed by atoms with Crippen molar-refractivity contribution in [2.24, 2.45) is 5.73 Å². The van der Waals surface area contributed by atoms with Crippen LogP contribution in [0.2, 0.25) is 5.02 Å². The lowest BCUT2D eigenvalue weighted by Crippen LogP contribution is -2.37. The number of rotatable bonds is 6. The molecule has 0 unspecified atom stereocenters. The monoisotopic (exact) mass is 445 g/mol. The number of amides is 1. The Labute approximate surface area is 183 Å². The van der Waals surface area contributed by atoms with Crippen molar-refractivity contribution in [2.75, 3.05) is 26.0 Å². The number of carbonyl (C=O) groups is 1. The second-order valence-corrected chi connectivity index (χ2v) is 7.71. The number of methoxy groups -OCH3 is 1. The van der Waals surface area contributed by atoms with Gasteiger partial charge in [0.2, 0.25) is 5.91 Å². The number of primary amides is 1. The average molecular weight is 446 g/mol. The Kier molecular flexibility index (Phi) is 5.79. The van der Waals surface area contributed by atoms with Crippen LogP contribution in [0.3, 0.4) is 0 Å². The fraction of sp³-hybridized carbons (Fsp3) is 0.286. The number of benzene rings is 2. The van der Waals surface area contributed by atoms with Gasteiger partial charge in [-0.25, -0.2) is 14.4 Å². The topological polar surface area (TPSA) is 103 Å². The van der Waals surface area contributed by atoms with Gasteiger partial charge in [-0.15, -0.1) is 0 Å². The van der Waals surface area contributed by atoms with Crippen LogP contribution in [0.1, 0.15) is 6.42 Å². The number of likely N-dealkylation sites (N-methyl/N-ethyl adjacent to an activating group) is 1. The minimum Gasteiger partial charge on any atom is -0.493 e. The molecule has 0 saturated carbocycles. The van der Waals surface area contributed by atoms with Crippen molar-refractivity contribution >= 4 is 39.9 Å². The Morgan fingerprint density at radius 1 is 1.32 bits per heavy atom. The van der Waals surface area contributed by atoms with Crippen molar-refractivity contribution in [3.63, 3.8) is 0 Å². The molecule has 3 aromatic rings. The summed E-state index contributed by atoms with van der Waals surface area (Å²) < 4.78 is 26.0. The number of ether oxygens (including phenoxy) is 2. The van der Waals surface area contributed by atoms with Crippen LogP contribution < -0.4 is 20.5 Å². The molecule has 0 bridgehead atoms. The number of nitrogens with zero attached hydrogens (tertiary/aromatic N) is 3. The van der Waals surface area contributed by atoms with E-state index in [0.717, 1.165) is 0 Å². The molecular weight excluding hydrogens is 425 g/mol. The third kappa shape index (κ3) is 4.19. The number of hydrogen-bond donors (Lipinski definition) is 2. The summed E-state index contributed by atoms with van der Waals surface area (Å²) in [5, 5.41) is 3.58. The molecule has 1 aliphatic heterocycles. The maximum absolute atomic E-state index is 14.4. The number of nitrogens with two attached hydrogens (primary N) is 1. The van der Waals surface area contributed by atoms with Crippen LogP contribution in [0.25, 0.3) is 10.9 Å². The number of nitrogens with one attached hydrogen (secondary N) is 1. The van der Waals surface area contributed by atoms with E-state index < -0.39 is 5.82 Å². The highest BCUT2D eigenvalue weighted by Gasteiger charge is 2.35. The van der Waals surface area contributed by atoms with Crippen molar-refractivity contribution in [3.05, 3.63) is 47.5 Å². The van der Waals surface area contributed by atoms with Gasteiger partial charge in [-0.05, 0) is 25.2 Å². The summed E-state index contributed by atoms with van der Waals surface area (Å²) in [5.74, 6) is 0.367. The maximum Gasteiger partial charge on any atom is 0.234 e. The van der Waals surface area contributed by atoms with Crippen LogP contribution in [0.15, 0.2) is 36.7 Å². The first-order chi connectivity index (χ1) is 14.9. The molecule has 1 fully saturated rings. The first kappa shape index (κ1) is 21.1. The third-order valence-electron chi connectivity index (χ3n) is 5.26. The standard InChI is InChI=1S/C21H21ClFN5O3/c1-28-9-11(6-16(28)20(24)29)31-18-7-12-15(8-17(18)30-2)25-10-26-21(12)27-14-5-3-4-13(22)19(14)23/h3-5,7-8,10-11,16H,6,9H2,1-2H3,(H2,24,29)(H,25,26,27)/t11-,16+/m0/s1. The lowest BCUT2D eigenvalue weighted by molar-refractivity contribution is -0.121. The second kappa shape index (κ2) is 8.52. The van der Waals surface area contributed by atoms with Crippen LogP contribution in [-0.4, -0.2) is 53.6 Å². The number of hydrogen-bond acceptors (Lipinski definition) is 7. The molecule has 2 heterocycles.